The first-order valence-corrected chi connectivity index (χ1v) is 4.97. The quantitative estimate of drug-likeness (QED) is 0.619. The number of carbonyl (C=O) groups excluding carboxylic acids is 1. The third-order valence-electron chi connectivity index (χ3n) is 2.11. The number of hydrogen-bond acceptors (Lipinski definition) is 4. The van der Waals surface area contributed by atoms with E-state index in [1.807, 2.05) is 0 Å². The molecule has 5 heteroatoms. The Kier molecular flexibility index (Phi) is 2.52. The van der Waals surface area contributed by atoms with Crippen LogP contribution in [0, 0.1) is 0 Å². The Morgan fingerprint density at radius 3 is 2.81 bits per heavy atom. The molecule has 0 aliphatic rings. The van der Waals surface area contributed by atoms with Crippen molar-refractivity contribution in [2.45, 2.75) is 20.0 Å². The summed E-state index contributed by atoms with van der Waals surface area (Å²) in [5.74, 6) is -0.529. The SMILES string of the molecule is CC(C)OC(=O)c1nn(O)c2ccccc12. The molecule has 1 aromatic heterocycles. The zero-order chi connectivity index (χ0) is 11.7. The van der Waals surface area contributed by atoms with E-state index >= 15 is 0 Å². The highest BCUT2D eigenvalue weighted by Crippen LogP contribution is 2.18. The molecule has 0 atom stereocenters. The van der Waals surface area contributed by atoms with E-state index in [1.165, 1.54) is 0 Å². The summed E-state index contributed by atoms with van der Waals surface area (Å²) in [5.41, 5.74) is 0.616. The van der Waals surface area contributed by atoms with Crippen LogP contribution in [0.1, 0.15) is 24.3 Å². The summed E-state index contributed by atoms with van der Waals surface area (Å²) in [7, 11) is 0. The van der Waals surface area contributed by atoms with Gasteiger partial charge >= 0.3 is 5.97 Å². The summed E-state index contributed by atoms with van der Waals surface area (Å²) >= 11 is 0. The van der Waals surface area contributed by atoms with E-state index in [0.29, 0.717) is 15.7 Å². The van der Waals surface area contributed by atoms with Gasteiger partial charge in [-0.05, 0) is 19.9 Å². The summed E-state index contributed by atoms with van der Waals surface area (Å²) < 4.78 is 5.03. The fourth-order valence-electron chi connectivity index (χ4n) is 1.47. The van der Waals surface area contributed by atoms with E-state index in [9.17, 15) is 10.0 Å². The van der Waals surface area contributed by atoms with Crippen LogP contribution in [0.15, 0.2) is 24.3 Å². The van der Waals surface area contributed by atoms with E-state index in [-0.39, 0.29) is 11.8 Å². The summed E-state index contributed by atoms with van der Waals surface area (Å²) in [6.45, 7) is 3.52. The number of benzene rings is 1. The summed E-state index contributed by atoms with van der Waals surface area (Å²) in [5, 5.41) is 13.8. The molecule has 5 nitrogen and oxygen atoms in total. The number of aromatic nitrogens is 2. The van der Waals surface area contributed by atoms with Crippen molar-refractivity contribution in [2.24, 2.45) is 0 Å². The fraction of sp³-hybridized carbons (Fsp3) is 0.273. The number of nitrogens with zero attached hydrogens (tertiary/aromatic N) is 2. The van der Waals surface area contributed by atoms with Crippen LogP contribution in [0.5, 0.6) is 0 Å². The predicted molar refractivity (Wildman–Crippen MR) is 57.5 cm³/mol. The molecule has 0 bridgehead atoms. The smallest absolute Gasteiger partial charge is 0.359 e. The van der Waals surface area contributed by atoms with Gasteiger partial charge in [0, 0.05) is 5.39 Å². The Morgan fingerprint density at radius 2 is 2.12 bits per heavy atom. The molecule has 1 heterocycles. The van der Waals surface area contributed by atoms with Crippen LogP contribution in [-0.2, 0) is 4.74 Å². The molecule has 84 valence electrons. The van der Waals surface area contributed by atoms with Crippen LogP contribution >= 0.6 is 0 Å². The third-order valence-corrected chi connectivity index (χ3v) is 2.11. The Bertz CT molecular complexity index is 531. The summed E-state index contributed by atoms with van der Waals surface area (Å²) in [4.78, 5) is 12.4. The van der Waals surface area contributed by atoms with Gasteiger partial charge in [-0.25, -0.2) is 4.79 Å². The second kappa shape index (κ2) is 3.84. The van der Waals surface area contributed by atoms with Gasteiger partial charge in [0.1, 0.15) is 5.52 Å². The molecule has 1 aromatic carbocycles. The number of hydrogen-bond donors (Lipinski definition) is 1. The van der Waals surface area contributed by atoms with Gasteiger partial charge in [0.25, 0.3) is 0 Å². The van der Waals surface area contributed by atoms with Gasteiger partial charge in [-0.1, -0.05) is 18.2 Å². The molecular weight excluding hydrogens is 208 g/mol. The third kappa shape index (κ3) is 1.71. The molecule has 0 aliphatic heterocycles. The van der Waals surface area contributed by atoms with Crippen molar-refractivity contribution in [3.8, 4) is 0 Å². The summed E-state index contributed by atoms with van der Waals surface area (Å²) in [6.07, 6.45) is -0.213. The Morgan fingerprint density at radius 1 is 1.44 bits per heavy atom. The van der Waals surface area contributed by atoms with E-state index < -0.39 is 5.97 Å². The van der Waals surface area contributed by atoms with Gasteiger partial charge in [-0.15, -0.1) is 9.94 Å². The first-order chi connectivity index (χ1) is 7.59. The highest BCUT2D eigenvalue weighted by molar-refractivity contribution is 6.02. The van der Waals surface area contributed by atoms with Gasteiger partial charge in [-0.2, -0.15) is 0 Å². The lowest BCUT2D eigenvalue weighted by Crippen LogP contribution is -2.12. The minimum Gasteiger partial charge on any atom is -0.458 e. The lowest BCUT2D eigenvalue weighted by Gasteiger charge is -2.05. The predicted octanol–water partition coefficient (Wildman–Crippen LogP) is 1.84. The zero-order valence-corrected chi connectivity index (χ0v) is 9.04. The van der Waals surface area contributed by atoms with Crippen LogP contribution in [0.3, 0.4) is 0 Å². The maximum Gasteiger partial charge on any atom is 0.359 e. The van der Waals surface area contributed by atoms with Crippen LogP contribution in [0.25, 0.3) is 10.9 Å². The molecule has 2 aromatic rings. The average Bonchev–Trinajstić information content (AvgIpc) is 2.56. The second-order valence-corrected chi connectivity index (χ2v) is 3.71. The minimum atomic E-state index is -0.529. The molecular formula is C11H12N2O3. The lowest BCUT2D eigenvalue weighted by molar-refractivity contribution is 0.0364. The van der Waals surface area contributed by atoms with Crippen LogP contribution in [0.2, 0.25) is 0 Å². The Hall–Kier alpha value is -2.04. The molecule has 0 saturated carbocycles. The minimum absolute atomic E-state index is 0.131. The largest absolute Gasteiger partial charge is 0.458 e. The number of carbonyl (C=O) groups is 1. The van der Waals surface area contributed by atoms with Gasteiger partial charge in [-0.3, -0.25) is 0 Å². The van der Waals surface area contributed by atoms with E-state index in [0.717, 1.165) is 0 Å². The van der Waals surface area contributed by atoms with Crippen molar-refractivity contribution in [1.82, 2.24) is 9.94 Å². The normalized spacial score (nSPS) is 10.9. The van der Waals surface area contributed by atoms with Gasteiger partial charge < -0.3 is 9.94 Å². The number of ether oxygens (including phenoxy) is 1. The van der Waals surface area contributed by atoms with Gasteiger partial charge in [0.05, 0.1) is 6.10 Å². The highest BCUT2D eigenvalue weighted by Gasteiger charge is 2.18. The summed E-state index contributed by atoms with van der Waals surface area (Å²) in [6, 6.07) is 6.92. The number of esters is 1. The van der Waals surface area contributed by atoms with Crippen molar-refractivity contribution < 1.29 is 14.7 Å². The Labute approximate surface area is 92.2 Å². The zero-order valence-electron chi connectivity index (χ0n) is 9.04. The van der Waals surface area contributed by atoms with Crippen molar-refractivity contribution >= 4 is 16.9 Å². The molecule has 0 spiro atoms. The lowest BCUT2D eigenvalue weighted by atomic mass is 10.2. The standard InChI is InChI=1S/C11H12N2O3/c1-7(2)16-11(14)10-8-5-3-4-6-9(8)13(15)12-10/h3-7,15H,1-2H3. The second-order valence-electron chi connectivity index (χ2n) is 3.71. The maximum absolute atomic E-state index is 11.7. The fourth-order valence-corrected chi connectivity index (χ4v) is 1.47. The van der Waals surface area contributed by atoms with Gasteiger partial charge in [0.2, 0.25) is 0 Å². The first-order valence-electron chi connectivity index (χ1n) is 4.97. The number of fused-ring (bicyclic) bond motifs is 1. The molecule has 0 fully saturated rings. The van der Waals surface area contributed by atoms with Crippen molar-refractivity contribution in [1.29, 1.82) is 0 Å². The molecule has 0 unspecified atom stereocenters. The van der Waals surface area contributed by atoms with Crippen LogP contribution in [0.4, 0.5) is 0 Å². The molecule has 2 rings (SSSR count). The average molecular weight is 220 g/mol. The van der Waals surface area contributed by atoms with Gasteiger partial charge in [0.15, 0.2) is 5.69 Å². The van der Waals surface area contributed by atoms with Crippen molar-refractivity contribution in [3.05, 3.63) is 30.0 Å². The highest BCUT2D eigenvalue weighted by atomic mass is 16.5. The van der Waals surface area contributed by atoms with Crippen molar-refractivity contribution in [3.63, 3.8) is 0 Å². The maximum atomic E-state index is 11.7. The number of para-hydroxylation sites is 1. The van der Waals surface area contributed by atoms with E-state index in [4.69, 9.17) is 4.74 Å². The molecule has 0 aliphatic carbocycles. The molecule has 0 radical (unpaired) electrons. The van der Waals surface area contributed by atoms with E-state index in [1.54, 1.807) is 38.1 Å². The molecule has 0 saturated heterocycles. The van der Waals surface area contributed by atoms with Crippen LogP contribution in [-0.4, -0.2) is 27.2 Å². The Balaban J connectivity index is 2.49. The van der Waals surface area contributed by atoms with E-state index in [2.05, 4.69) is 5.10 Å². The topological polar surface area (TPSA) is 64.3 Å². The molecule has 16 heavy (non-hydrogen) atoms. The first kappa shape index (κ1) is 10.5. The molecule has 0 amide bonds. The monoisotopic (exact) mass is 220 g/mol. The number of rotatable bonds is 2. The van der Waals surface area contributed by atoms with Crippen molar-refractivity contribution in [2.75, 3.05) is 0 Å². The molecule has 1 N–H and O–H groups in total. The van der Waals surface area contributed by atoms with Crippen LogP contribution < -0.4 is 0 Å².